The smallest absolute Gasteiger partial charge is 0.0494 e. The molecule has 82 valence electrons. The van der Waals surface area contributed by atoms with Crippen molar-refractivity contribution in [3.05, 3.63) is 42.2 Å². The van der Waals surface area contributed by atoms with Crippen LogP contribution in [0.4, 0.5) is 0 Å². The standard InChI is InChI=1S/C11H12N2.2ClH/c12-7-5-11-10-4-2-1-3-9(10)6-8-13-11;;/h1-4,6,8H,5,7,12H2;2*1H. The summed E-state index contributed by atoms with van der Waals surface area (Å²) in [4.78, 5) is 4.32. The molecule has 2 nitrogen and oxygen atoms in total. The third-order valence-electron chi connectivity index (χ3n) is 2.14. The van der Waals surface area contributed by atoms with E-state index in [1.807, 2.05) is 24.4 Å². The van der Waals surface area contributed by atoms with E-state index in [2.05, 4.69) is 17.1 Å². The molecule has 1 aromatic carbocycles. The zero-order valence-electron chi connectivity index (χ0n) is 8.22. The van der Waals surface area contributed by atoms with Gasteiger partial charge in [0.1, 0.15) is 0 Å². The van der Waals surface area contributed by atoms with Crippen molar-refractivity contribution in [1.82, 2.24) is 4.98 Å². The van der Waals surface area contributed by atoms with Gasteiger partial charge in [-0.05, 0) is 18.0 Å². The van der Waals surface area contributed by atoms with Crippen molar-refractivity contribution < 1.29 is 0 Å². The largest absolute Gasteiger partial charge is 0.330 e. The molecular weight excluding hydrogens is 231 g/mol. The summed E-state index contributed by atoms with van der Waals surface area (Å²) >= 11 is 0. The van der Waals surface area contributed by atoms with Gasteiger partial charge in [0, 0.05) is 23.7 Å². The van der Waals surface area contributed by atoms with Crippen LogP contribution in [0.5, 0.6) is 0 Å². The Balaban J connectivity index is 0.000000980. The topological polar surface area (TPSA) is 38.9 Å². The van der Waals surface area contributed by atoms with Crippen molar-refractivity contribution in [3.63, 3.8) is 0 Å². The first-order chi connectivity index (χ1) is 6.42. The molecule has 0 aliphatic carbocycles. The van der Waals surface area contributed by atoms with Crippen molar-refractivity contribution in [3.8, 4) is 0 Å². The average molecular weight is 245 g/mol. The lowest BCUT2D eigenvalue weighted by molar-refractivity contribution is 0.935. The van der Waals surface area contributed by atoms with Gasteiger partial charge < -0.3 is 5.73 Å². The Kier molecular flexibility index (Phi) is 6.25. The number of fused-ring (bicyclic) bond motifs is 1. The van der Waals surface area contributed by atoms with Gasteiger partial charge in [-0.25, -0.2) is 0 Å². The molecule has 0 saturated carbocycles. The summed E-state index contributed by atoms with van der Waals surface area (Å²) in [5, 5.41) is 2.46. The fourth-order valence-electron chi connectivity index (χ4n) is 1.52. The first-order valence-electron chi connectivity index (χ1n) is 4.44. The van der Waals surface area contributed by atoms with E-state index in [4.69, 9.17) is 5.73 Å². The molecular formula is C11H14Cl2N2. The van der Waals surface area contributed by atoms with Gasteiger partial charge in [0.2, 0.25) is 0 Å². The van der Waals surface area contributed by atoms with Crippen LogP contribution in [-0.4, -0.2) is 11.5 Å². The number of nitrogens with two attached hydrogens (primary N) is 1. The number of hydrogen-bond acceptors (Lipinski definition) is 2. The molecule has 0 unspecified atom stereocenters. The van der Waals surface area contributed by atoms with Gasteiger partial charge in [-0.1, -0.05) is 24.3 Å². The number of pyridine rings is 1. The number of benzene rings is 1. The van der Waals surface area contributed by atoms with Crippen molar-refractivity contribution >= 4 is 35.6 Å². The Morgan fingerprint density at radius 1 is 1.07 bits per heavy atom. The Morgan fingerprint density at radius 3 is 2.53 bits per heavy atom. The molecule has 0 fully saturated rings. The Hall–Kier alpha value is -0.830. The molecule has 0 bridgehead atoms. The van der Waals surface area contributed by atoms with Gasteiger partial charge in [-0.3, -0.25) is 4.98 Å². The molecule has 2 aromatic rings. The monoisotopic (exact) mass is 244 g/mol. The van der Waals surface area contributed by atoms with Gasteiger partial charge in [-0.15, -0.1) is 24.8 Å². The van der Waals surface area contributed by atoms with Crippen LogP contribution in [0.15, 0.2) is 36.5 Å². The molecule has 0 saturated heterocycles. The summed E-state index contributed by atoms with van der Waals surface area (Å²) in [6.07, 6.45) is 2.69. The zero-order valence-corrected chi connectivity index (χ0v) is 9.85. The molecule has 0 atom stereocenters. The van der Waals surface area contributed by atoms with E-state index in [1.165, 1.54) is 10.8 Å². The maximum Gasteiger partial charge on any atom is 0.0494 e. The summed E-state index contributed by atoms with van der Waals surface area (Å²) in [6, 6.07) is 10.3. The number of hydrogen-bond donors (Lipinski definition) is 1. The van der Waals surface area contributed by atoms with Gasteiger partial charge >= 0.3 is 0 Å². The minimum atomic E-state index is 0. The van der Waals surface area contributed by atoms with Crippen LogP contribution in [0.2, 0.25) is 0 Å². The molecule has 2 rings (SSSR count). The third kappa shape index (κ3) is 3.06. The summed E-state index contributed by atoms with van der Waals surface area (Å²) in [5.41, 5.74) is 6.61. The first-order valence-corrected chi connectivity index (χ1v) is 4.44. The van der Waals surface area contributed by atoms with Crippen molar-refractivity contribution in [2.45, 2.75) is 6.42 Å². The molecule has 0 spiro atoms. The van der Waals surface area contributed by atoms with E-state index < -0.39 is 0 Å². The number of rotatable bonds is 2. The number of halogens is 2. The first kappa shape index (κ1) is 14.2. The Labute approximate surface area is 102 Å². The second kappa shape index (κ2) is 6.62. The van der Waals surface area contributed by atoms with Gasteiger partial charge in [0.15, 0.2) is 0 Å². The summed E-state index contributed by atoms with van der Waals surface area (Å²) in [6.45, 7) is 0.654. The minimum Gasteiger partial charge on any atom is -0.330 e. The van der Waals surface area contributed by atoms with Gasteiger partial charge in [0.05, 0.1) is 0 Å². The van der Waals surface area contributed by atoms with Gasteiger partial charge in [0.25, 0.3) is 0 Å². The number of nitrogens with zero attached hydrogens (tertiary/aromatic N) is 1. The molecule has 1 heterocycles. The highest BCUT2D eigenvalue weighted by atomic mass is 35.5. The number of aromatic nitrogens is 1. The summed E-state index contributed by atoms with van der Waals surface area (Å²) in [5.74, 6) is 0. The van der Waals surface area contributed by atoms with E-state index in [9.17, 15) is 0 Å². The van der Waals surface area contributed by atoms with Crippen LogP contribution in [0, 0.1) is 0 Å². The highest BCUT2D eigenvalue weighted by Gasteiger charge is 1.99. The predicted octanol–water partition coefficient (Wildman–Crippen LogP) is 2.58. The predicted molar refractivity (Wildman–Crippen MR) is 69.0 cm³/mol. The molecule has 0 aliphatic heterocycles. The molecule has 2 N–H and O–H groups in total. The van der Waals surface area contributed by atoms with E-state index in [0.717, 1.165) is 12.1 Å². The SMILES string of the molecule is Cl.Cl.NCCc1nccc2ccccc12. The van der Waals surface area contributed by atoms with Gasteiger partial charge in [-0.2, -0.15) is 0 Å². The van der Waals surface area contributed by atoms with Crippen molar-refractivity contribution in [1.29, 1.82) is 0 Å². The van der Waals surface area contributed by atoms with Crippen LogP contribution >= 0.6 is 24.8 Å². The van der Waals surface area contributed by atoms with Crippen molar-refractivity contribution in [2.75, 3.05) is 6.54 Å². The highest BCUT2D eigenvalue weighted by molar-refractivity contribution is 5.85. The van der Waals surface area contributed by atoms with E-state index in [-0.39, 0.29) is 24.8 Å². The molecule has 0 amide bonds. The minimum absolute atomic E-state index is 0. The van der Waals surface area contributed by atoms with E-state index in [1.54, 1.807) is 0 Å². The molecule has 0 aliphatic rings. The van der Waals surface area contributed by atoms with Crippen LogP contribution in [0.1, 0.15) is 5.69 Å². The quantitative estimate of drug-likeness (QED) is 0.883. The maximum atomic E-state index is 5.51. The molecule has 4 heteroatoms. The van der Waals surface area contributed by atoms with Crippen molar-refractivity contribution in [2.24, 2.45) is 5.73 Å². The van der Waals surface area contributed by atoms with Crippen LogP contribution in [0.3, 0.4) is 0 Å². The second-order valence-electron chi connectivity index (χ2n) is 3.02. The second-order valence-corrected chi connectivity index (χ2v) is 3.02. The highest BCUT2D eigenvalue weighted by Crippen LogP contribution is 2.15. The Morgan fingerprint density at radius 2 is 1.80 bits per heavy atom. The Bertz CT molecular complexity index is 413. The van der Waals surface area contributed by atoms with Crippen LogP contribution in [0.25, 0.3) is 10.8 Å². The summed E-state index contributed by atoms with van der Waals surface area (Å²) < 4.78 is 0. The fraction of sp³-hybridized carbons (Fsp3) is 0.182. The third-order valence-corrected chi connectivity index (χ3v) is 2.14. The maximum absolute atomic E-state index is 5.51. The van der Waals surface area contributed by atoms with E-state index in [0.29, 0.717) is 6.54 Å². The lowest BCUT2D eigenvalue weighted by Crippen LogP contribution is -2.04. The lowest BCUT2D eigenvalue weighted by Gasteiger charge is -2.02. The molecule has 15 heavy (non-hydrogen) atoms. The van der Waals surface area contributed by atoms with E-state index >= 15 is 0 Å². The average Bonchev–Trinajstić information content (AvgIpc) is 2.19. The van der Waals surface area contributed by atoms with Crippen LogP contribution < -0.4 is 5.73 Å². The molecule has 0 radical (unpaired) electrons. The summed E-state index contributed by atoms with van der Waals surface area (Å²) in [7, 11) is 0. The lowest BCUT2D eigenvalue weighted by atomic mass is 10.1. The molecule has 1 aromatic heterocycles. The fourth-order valence-corrected chi connectivity index (χ4v) is 1.52. The normalized spacial score (nSPS) is 9.13. The van der Waals surface area contributed by atoms with Crippen LogP contribution in [-0.2, 0) is 6.42 Å². The zero-order chi connectivity index (χ0) is 9.10.